The number of rotatable bonds is 6. The van der Waals surface area contributed by atoms with E-state index in [0.29, 0.717) is 18.7 Å². The lowest BCUT2D eigenvalue weighted by Gasteiger charge is -2.21. The molecule has 0 aliphatic carbocycles. The van der Waals surface area contributed by atoms with Gasteiger partial charge in [-0.1, -0.05) is 78.9 Å². The molecular formula is C28H23FN2O3S. The van der Waals surface area contributed by atoms with Gasteiger partial charge in [0.15, 0.2) is 0 Å². The van der Waals surface area contributed by atoms with Gasteiger partial charge in [-0.2, -0.15) is 0 Å². The molecule has 1 aliphatic rings. The van der Waals surface area contributed by atoms with Crippen LogP contribution in [0.15, 0.2) is 108 Å². The molecule has 0 aromatic heterocycles. The van der Waals surface area contributed by atoms with Crippen LogP contribution in [0.3, 0.4) is 0 Å². The maximum Gasteiger partial charge on any atom is 0.264 e. The van der Waals surface area contributed by atoms with Crippen LogP contribution in [0.1, 0.15) is 33.1 Å². The number of hydrogen-bond acceptors (Lipinski definition) is 3. The average Bonchev–Trinajstić information content (AvgIpc) is 3.33. The second-order valence-corrected chi connectivity index (χ2v) is 10.2. The zero-order valence-electron chi connectivity index (χ0n) is 18.8. The quantitative estimate of drug-likeness (QED) is 0.413. The van der Waals surface area contributed by atoms with Crippen LogP contribution in [0, 0.1) is 5.82 Å². The molecule has 0 radical (unpaired) electrons. The molecular weight excluding hydrogens is 463 g/mol. The number of halogens is 1. The summed E-state index contributed by atoms with van der Waals surface area (Å²) in [6.45, 7) is 0.296. The van der Waals surface area contributed by atoms with Crippen molar-refractivity contribution in [2.75, 3.05) is 10.8 Å². The first-order valence-electron chi connectivity index (χ1n) is 11.3. The molecule has 1 N–H and O–H groups in total. The summed E-state index contributed by atoms with van der Waals surface area (Å²) in [6, 6.07) is 28.8. The molecule has 0 saturated carbocycles. The summed E-state index contributed by atoms with van der Waals surface area (Å²) < 4.78 is 43.0. The number of benzene rings is 4. The number of amides is 1. The summed E-state index contributed by atoms with van der Waals surface area (Å²) in [4.78, 5) is 13.1. The molecule has 0 spiro atoms. The van der Waals surface area contributed by atoms with Crippen LogP contribution in [0.25, 0.3) is 0 Å². The number of nitrogens with one attached hydrogen (secondary N) is 1. The van der Waals surface area contributed by atoms with Crippen molar-refractivity contribution in [1.29, 1.82) is 0 Å². The molecule has 5 rings (SSSR count). The number of carbonyl (C=O) groups is 1. The minimum Gasteiger partial charge on any atom is -0.341 e. The monoisotopic (exact) mass is 486 g/mol. The summed E-state index contributed by atoms with van der Waals surface area (Å²) in [5.74, 6) is -1.48. The van der Waals surface area contributed by atoms with E-state index in [-0.39, 0.29) is 10.5 Å². The number of nitrogens with zero attached hydrogens (tertiary/aromatic N) is 1. The molecule has 7 heteroatoms. The fourth-order valence-electron chi connectivity index (χ4n) is 4.38. The van der Waals surface area contributed by atoms with Crippen molar-refractivity contribution in [1.82, 2.24) is 5.32 Å². The largest absolute Gasteiger partial charge is 0.341 e. The molecule has 35 heavy (non-hydrogen) atoms. The van der Waals surface area contributed by atoms with Crippen LogP contribution >= 0.6 is 0 Å². The smallest absolute Gasteiger partial charge is 0.264 e. The Labute approximate surface area is 203 Å². The third-order valence-electron chi connectivity index (χ3n) is 6.16. The Hall–Kier alpha value is -3.97. The number of fused-ring (bicyclic) bond motifs is 1. The lowest BCUT2D eigenvalue weighted by Crippen LogP contribution is -2.31. The second-order valence-electron chi connectivity index (χ2n) is 8.33. The fourth-order valence-corrected chi connectivity index (χ4v) is 5.91. The van der Waals surface area contributed by atoms with Crippen LogP contribution in [0.2, 0.25) is 0 Å². The topological polar surface area (TPSA) is 66.5 Å². The maximum atomic E-state index is 14.8. The molecule has 1 aliphatic heterocycles. The van der Waals surface area contributed by atoms with Gasteiger partial charge < -0.3 is 5.32 Å². The predicted molar refractivity (Wildman–Crippen MR) is 133 cm³/mol. The van der Waals surface area contributed by atoms with Gasteiger partial charge in [0, 0.05) is 6.54 Å². The molecule has 4 aromatic rings. The predicted octanol–water partition coefficient (Wildman–Crippen LogP) is 5.10. The molecule has 4 aromatic carbocycles. The number of sulfonamides is 1. The zero-order valence-corrected chi connectivity index (χ0v) is 19.6. The van der Waals surface area contributed by atoms with Gasteiger partial charge in [0.25, 0.3) is 15.9 Å². The normalized spacial score (nSPS) is 13.0. The lowest BCUT2D eigenvalue weighted by atomic mass is 9.98. The Kier molecular flexibility index (Phi) is 6.09. The van der Waals surface area contributed by atoms with Crippen LogP contribution < -0.4 is 9.62 Å². The third kappa shape index (κ3) is 4.42. The van der Waals surface area contributed by atoms with Crippen molar-refractivity contribution in [3.63, 3.8) is 0 Å². The maximum absolute atomic E-state index is 14.8. The van der Waals surface area contributed by atoms with E-state index in [1.165, 1.54) is 10.4 Å². The van der Waals surface area contributed by atoms with Gasteiger partial charge in [-0.15, -0.1) is 0 Å². The van der Waals surface area contributed by atoms with Crippen molar-refractivity contribution < 1.29 is 17.6 Å². The van der Waals surface area contributed by atoms with E-state index in [1.807, 2.05) is 72.8 Å². The van der Waals surface area contributed by atoms with Gasteiger partial charge >= 0.3 is 0 Å². The average molecular weight is 487 g/mol. The van der Waals surface area contributed by atoms with E-state index in [2.05, 4.69) is 5.32 Å². The first-order valence-corrected chi connectivity index (χ1v) is 12.7. The van der Waals surface area contributed by atoms with Gasteiger partial charge in [-0.05, 0) is 47.4 Å². The molecule has 0 fully saturated rings. The van der Waals surface area contributed by atoms with Gasteiger partial charge in [0.1, 0.15) is 5.82 Å². The molecule has 176 valence electrons. The van der Waals surface area contributed by atoms with Crippen molar-refractivity contribution in [3.8, 4) is 0 Å². The zero-order chi connectivity index (χ0) is 24.4. The minimum absolute atomic E-state index is 0.128. The van der Waals surface area contributed by atoms with E-state index >= 15 is 0 Å². The van der Waals surface area contributed by atoms with E-state index in [9.17, 15) is 17.6 Å². The molecule has 1 amide bonds. The summed E-state index contributed by atoms with van der Waals surface area (Å²) >= 11 is 0. The minimum atomic E-state index is -3.97. The molecule has 0 atom stereocenters. The first-order chi connectivity index (χ1) is 16.9. The van der Waals surface area contributed by atoms with E-state index in [0.717, 1.165) is 28.8 Å². The van der Waals surface area contributed by atoms with Gasteiger partial charge in [-0.25, -0.2) is 12.8 Å². The Morgan fingerprint density at radius 3 is 2.09 bits per heavy atom. The van der Waals surface area contributed by atoms with Crippen LogP contribution in [0.5, 0.6) is 0 Å². The Bertz CT molecular complexity index is 1440. The lowest BCUT2D eigenvalue weighted by molar-refractivity contribution is 0.0938. The molecule has 5 nitrogen and oxygen atoms in total. The molecule has 1 heterocycles. The standard InChI is InChI=1S/C28H23FN2O3S/c29-25-16-15-23(35(33,34)31-18-17-20-9-7-8-14-26(20)31)19-24(25)28(32)30-27(21-10-3-1-4-11-21)22-12-5-2-6-13-22/h1-16,19,27H,17-18H2,(H,30,32). The van der Waals surface area contributed by atoms with Crippen LogP contribution in [-0.4, -0.2) is 20.9 Å². The van der Waals surface area contributed by atoms with Crippen LogP contribution in [-0.2, 0) is 16.4 Å². The number of hydrogen-bond donors (Lipinski definition) is 1. The van der Waals surface area contributed by atoms with E-state index in [1.54, 1.807) is 12.1 Å². The highest BCUT2D eigenvalue weighted by Gasteiger charge is 2.32. The van der Waals surface area contributed by atoms with Gasteiger partial charge in [-0.3, -0.25) is 9.10 Å². The summed E-state index contributed by atoms with van der Waals surface area (Å²) in [5, 5.41) is 2.88. The van der Waals surface area contributed by atoms with Crippen molar-refractivity contribution in [2.24, 2.45) is 0 Å². The summed E-state index contributed by atoms with van der Waals surface area (Å²) in [7, 11) is -3.97. The first kappa shape index (κ1) is 22.8. The Morgan fingerprint density at radius 2 is 1.43 bits per heavy atom. The third-order valence-corrected chi connectivity index (χ3v) is 7.97. The highest BCUT2D eigenvalue weighted by atomic mass is 32.2. The van der Waals surface area contributed by atoms with Crippen molar-refractivity contribution in [2.45, 2.75) is 17.4 Å². The second kappa shape index (κ2) is 9.35. The van der Waals surface area contributed by atoms with Crippen molar-refractivity contribution >= 4 is 21.6 Å². The van der Waals surface area contributed by atoms with Crippen molar-refractivity contribution in [3.05, 3.63) is 131 Å². The van der Waals surface area contributed by atoms with Gasteiger partial charge in [0.2, 0.25) is 0 Å². The molecule has 0 unspecified atom stereocenters. The fraction of sp³-hybridized carbons (Fsp3) is 0.107. The number of anilines is 1. The Balaban J connectivity index is 1.48. The molecule has 0 saturated heterocycles. The van der Waals surface area contributed by atoms with E-state index < -0.39 is 27.8 Å². The van der Waals surface area contributed by atoms with Crippen LogP contribution in [0.4, 0.5) is 10.1 Å². The number of carbonyl (C=O) groups excluding carboxylic acids is 1. The Morgan fingerprint density at radius 1 is 0.829 bits per heavy atom. The highest BCUT2D eigenvalue weighted by Crippen LogP contribution is 2.33. The number of para-hydroxylation sites is 1. The van der Waals surface area contributed by atoms with Gasteiger partial charge in [0.05, 0.1) is 22.2 Å². The SMILES string of the molecule is O=C(NC(c1ccccc1)c1ccccc1)c1cc(S(=O)(=O)N2CCc3ccccc32)ccc1F. The molecule has 0 bridgehead atoms. The highest BCUT2D eigenvalue weighted by molar-refractivity contribution is 7.92. The van der Waals surface area contributed by atoms with E-state index in [4.69, 9.17) is 0 Å². The summed E-state index contributed by atoms with van der Waals surface area (Å²) in [5.41, 5.74) is 2.87. The summed E-state index contributed by atoms with van der Waals surface area (Å²) in [6.07, 6.45) is 0.597.